The highest BCUT2D eigenvalue weighted by Crippen LogP contribution is 2.29. The topological polar surface area (TPSA) is 127 Å². The number of anilines is 2. The summed E-state index contributed by atoms with van der Waals surface area (Å²) in [6, 6.07) is 18.1. The van der Waals surface area contributed by atoms with Crippen LogP contribution in [0.25, 0.3) is 22.7 Å². The summed E-state index contributed by atoms with van der Waals surface area (Å²) in [4.78, 5) is 32.2. The highest BCUT2D eigenvalue weighted by Gasteiger charge is 2.14. The van der Waals surface area contributed by atoms with Crippen LogP contribution in [0.3, 0.4) is 0 Å². The van der Waals surface area contributed by atoms with Crippen LogP contribution in [0, 0.1) is 0 Å². The van der Waals surface area contributed by atoms with E-state index in [1.165, 1.54) is 0 Å². The summed E-state index contributed by atoms with van der Waals surface area (Å²) in [6.07, 6.45) is 5.22. The van der Waals surface area contributed by atoms with Crippen LogP contribution < -0.4 is 16.8 Å². The van der Waals surface area contributed by atoms with E-state index in [2.05, 4.69) is 15.3 Å². The van der Waals surface area contributed by atoms with Crippen LogP contribution in [-0.2, 0) is 16.0 Å². The Labute approximate surface area is 178 Å². The summed E-state index contributed by atoms with van der Waals surface area (Å²) in [5, 5.41) is 3.63. The van der Waals surface area contributed by atoms with E-state index in [1.54, 1.807) is 36.7 Å². The van der Waals surface area contributed by atoms with Gasteiger partial charge in [-0.1, -0.05) is 42.5 Å². The van der Waals surface area contributed by atoms with Crippen LogP contribution in [0.1, 0.15) is 16.7 Å². The standard InChI is InChI=1S/C24H21N5O2/c25-18-8-4-5-15(11-18)12-21(30)29-20-9-10-27-24-22(20)17(14-28-24)13-19(23(26)31)16-6-2-1-3-7-16/h1-11,13-14H,12,25H2,(H2,26,31)(H2,27,28,29,30)/b19-13+. The molecule has 7 nitrogen and oxygen atoms in total. The number of hydrogen-bond donors (Lipinski definition) is 4. The molecule has 0 aliphatic carbocycles. The van der Waals surface area contributed by atoms with Crippen molar-refractivity contribution in [1.82, 2.24) is 9.97 Å². The third kappa shape index (κ3) is 4.45. The van der Waals surface area contributed by atoms with Gasteiger partial charge in [0.25, 0.3) is 0 Å². The number of carbonyl (C=O) groups is 2. The first-order chi connectivity index (χ1) is 15.0. The van der Waals surface area contributed by atoms with Gasteiger partial charge >= 0.3 is 0 Å². The van der Waals surface area contributed by atoms with Crippen LogP contribution in [0.5, 0.6) is 0 Å². The monoisotopic (exact) mass is 411 g/mol. The molecule has 154 valence electrons. The summed E-state index contributed by atoms with van der Waals surface area (Å²) >= 11 is 0. The molecule has 31 heavy (non-hydrogen) atoms. The highest BCUT2D eigenvalue weighted by molar-refractivity contribution is 6.24. The minimum Gasteiger partial charge on any atom is -0.399 e. The van der Waals surface area contributed by atoms with Crippen molar-refractivity contribution >= 4 is 45.9 Å². The molecule has 0 fully saturated rings. The van der Waals surface area contributed by atoms with Gasteiger partial charge < -0.3 is 21.8 Å². The molecule has 0 saturated carbocycles. The summed E-state index contributed by atoms with van der Waals surface area (Å²) in [5.41, 5.74) is 15.8. The molecule has 0 spiro atoms. The zero-order valence-corrected chi connectivity index (χ0v) is 16.6. The van der Waals surface area contributed by atoms with Crippen molar-refractivity contribution < 1.29 is 9.59 Å². The molecule has 0 bridgehead atoms. The van der Waals surface area contributed by atoms with Gasteiger partial charge in [0.2, 0.25) is 11.8 Å². The Morgan fingerprint density at radius 2 is 1.87 bits per heavy atom. The van der Waals surface area contributed by atoms with Gasteiger partial charge in [0.05, 0.1) is 12.1 Å². The molecular formula is C24H21N5O2. The number of benzene rings is 2. The van der Waals surface area contributed by atoms with Gasteiger partial charge in [-0.25, -0.2) is 4.98 Å². The van der Waals surface area contributed by atoms with Gasteiger partial charge in [0, 0.05) is 34.6 Å². The molecule has 2 aromatic carbocycles. The minimum absolute atomic E-state index is 0.182. The first-order valence-electron chi connectivity index (χ1n) is 9.68. The van der Waals surface area contributed by atoms with Gasteiger partial charge in [-0.3, -0.25) is 9.59 Å². The van der Waals surface area contributed by atoms with E-state index in [1.807, 2.05) is 42.5 Å². The molecule has 2 amide bonds. The number of hydrogen-bond acceptors (Lipinski definition) is 4. The summed E-state index contributed by atoms with van der Waals surface area (Å²) in [5.74, 6) is -0.732. The van der Waals surface area contributed by atoms with E-state index in [-0.39, 0.29) is 12.3 Å². The number of H-pyrrole nitrogens is 1. The molecule has 2 heterocycles. The lowest BCUT2D eigenvalue weighted by Crippen LogP contribution is -2.15. The number of nitrogens with one attached hydrogen (secondary N) is 2. The second-order valence-electron chi connectivity index (χ2n) is 7.08. The normalized spacial score (nSPS) is 11.4. The number of nitrogen functional groups attached to an aromatic ring is 1. The third-order valence-corrected chi connectivity index (χ3v) is 4.84. The van der Waals surface area contributed by atoms with Crippen molar-refractivity contribution in [3.63, 3.8) is 0 Å². The number of aromatic nitrogens is 2. The van der Waals surface area contributed by atoms with Crippen molar-refractivity contribution in [2.45, 2.75) is 6.42 Å². The van der Waals surface area contributed by atoms with Crippen LogP contribution >= 0.6 is 0 Å². The average Bonchev–Trinajstić information content (AvgIpc) is 3.16. The SMILES string of the molecule is NC(=O)/C(=C/c1c[nH]c2nccc(NC(=O)Cc3cccc(N)c3)c12)c1ccccc1. The highest BCUT2D eigenvalue weighted by atomic mass is 16.2. The lowest BCUT2D eigenvalue weighted by Gasteiger charge is -2.09. The van der Waals surface area contributed by atoms with Gasteiger partial charge in [-0.15, -0.1) is 0 Å². The predicted octanol–water partition coefficient (Wildman–Crippen LogP) is 3.35. The number of rotatable bonds is 6. The summed E-state index contributed by atoms with van der Waals surface area (Å²) in [7, 11) is 0. The number of carbonyl (C=O) groups excluding carboxylic acids is 2. The molecule has 6 N–H and O–H groups in total. The van der Waals surface area contributed by atoms with Crippen molar-refractivity contribution in [3.8, 4) is 0 Å². The van der Waals surface area contributed by atoms with E-state index < -0.39 is 5.91 Å². The number of aromatic amines is 1. The zero-order chi connectivity index (χ0) is 21.8. The number of amides is 2. The second kappa shape index (κ2) is 8.54. The fraction of sp³-hybridized carbons (Fsp3) is 0.0417. The lowest BCUT2D eigenvalue weighted by atomic mass is 10.0. The van der Waals surface area contributed by atoms with Crippen LogP contribution in [0.4, 0.5) is 11.4 Å². The molecule has 4 rings (SSSR count). The van der Waals surface area contributed by atoms with E-state index in [0.29, 0.717) is 39.1 Å². The minimum atomic E-state index is -0.545. The average molecular weight is 411 g/mol. The van der Waals surface area contributed by atoms with Crippen molar-refractivity contribution in [2.75, 3.05) is 11.1 Å². The van der Waals surface area contributed by atoms with Crippen molar-refractivity contribution in [1.29, 1.82) is 0 Å². The zero-order valence-electron chi connectivity index (χ0n) is 16.6. The van der Waals surface area contributed by atoms with E-state index in [4.69, 9.17) is 11.5 Å². The Morgan fingerprint density at radius 3 is 2.61 bits per heavy atom. The smallest absolute Gasteiger partial charge is 0.249 e. The van der Waals surface area contributed by atoms with Gasteiger partial charge in [0.15, 0.2) is 0 Å². The predicted molar refractivity (Wildman–Crippen MR) is 123 cm³/mol. The van der Waals surface area contributed by atoms with Crippen LogP contribution in [0.2, 0.25) is 0 Å². The maximum absolute atomic E-state index is 12.6. The third-order valence-electron chi connectivity index (χ3n) is 4.84. The Kier molecular flexibility index (Phi) is 5.49. The maximum atomic E-state index is 12.6. The van der Waals surface area contributed by atoms with E-state index in [9.17, 15) is 9.59 Å². The van der Waals surface area contributed by atoms with E-state index in [0.717, 1.165) is 5.56 Å². The molecule has 0 radical (unpaired) electrons. The lowest BCUT2D eigenvalue weighted by molar-refractivity contribution is -0.115. The Morgan fingerprint density at radius 1 is 1.06 bits per heavy atom. The molecule has 0 aliphatic rings. The Bertz CT molecular complexity index is 1290. The van der Waals surface area contributed by atoms with Gasteiger partial charge in [0.1, 0.15) is 5.65 Å². The summed E-state index contributed by atoms with van der Waals surface area (Å²) < 4.78 is 0. The van der Waals surface area contributed by atoms with Crippen molar-refractivity contribution in [3.05, 3.63) is 89.7 Å². The molecular weight excluding hydrogens is 390 g/mol. The number of nitrogens with two attached hydrogens (primary N) is 2. The van der Waals surface area contributed by atoms with Gasteiger partial charge in [-0.2, -0.15) is 0 Å². The van der Waals surface area contributed by atoms with Crippen LogP contribution in [0.15, 0.2) is 73.1 Å². The van der Waals surface area contributed by atoms with E-state index >= 15 is 0 Å². The maximum Gasteiger partial charge on any atom is 0.249 e. The number of nitrogens with zero attached hydrogens (tertiary/aromatic N) is 1. The van der Waals surface area contributed by atoms with Gasteiger partial charge in [-0.05, 0) is 35.4 Å². The Balaban J connectivity index is 1.69. The van der Waals surface area contributed by atoms with Crippen LogP contribution in [-0.4, -0.2) is 21.8 Å². The largest absolute Gasteiger partial charge is 0.399 e. The molecule has 7 heteroatoms. The number of fused-ring (bicyclic) bond motifs is 1. The second-order valence-corrected chi connectivity index (χ2v) is 7.08. The molecule has 0 unspecified atom stereocenters. The molecule has 0 aliphatic heterocycles. The summed E-state index contributed by atoms with van der Waals surface area (Å²) in [6.45, 7) is 0. The first kappa shape index (κ1) is 19.9. The molecule has 0 atom stereocenters. The molecule has 2 aromatic heterocycles. The first-order valence-corrected chi connectivity index (χ1v) is 9.68. The fourth-order valence-electron chi connectivity index (χ4n) is 3.45. The van der Waals surface area contributed by atoms with Crippen molar-refractivity contribution in [2.24, 2.45) is 5.73 Å². The quantitative estimate of drug-likeness (QED) is 0.287. The fourth-order valence-corrected chi connectivity index (χ4v) is 3.45. The number of pyridine rings is 1. The number of primary amides is 1. The molecule has 0 saturated heterocycles. The Hall–Kier alpha value is -4.39. The molecule has 4 aromatic rings.